The molecule has 15 heavy (non-hydrogen) atoms. The Bertz CT molecular complexity index is 276. The lowest BCUT2D eigenvalue weighted by Crippen LogP contribution is -2.35. The number of aliphatic hydroxyl groups excluding tert-OH is 1. The van der Waals surface area contributed by atoms with E-state index in [1.54, 1.807) is 7.11 Å². The average molecular weight is 321 g/mol. The first-order valence-electron chi connectivity index (χ1n) is 4.84. The summed E-state index contributed by atoms with van der Waals surface area (Å²) in [5.74, 6) is 0. The van der Waals surface area contributed by atoms with E-state index in [1.165, 1.54) is 9.13 Å². The number of rotatable bonds is 6. The number of ether oxygens (including phenoxy) is 1. The highest BCUT2D eigenvalue weighted by Gasteiger charge is 2.05. The van der Waals surface area contributed by atoms with Crippen molar-refractivity contribution in [3.8, 4) is 0 Å². The van der Waals surface area contributed by atoms with Gasteiger partial charge in [0, 0.05) is 17.2 Å². The monoisotopic (exact) mass is 321 g/mol. The molecule has 0 fully saturated rings. The normalized spacial score (nSPS) is 12.7. The Balaban J connectivity index is 2.38. The molecule has 0 aliphatic carbocycles. The van der Waals surface area contributed by atoms with Gasteiger partial charge in [-0.1, -0.05) is 12.1 Å². The Labute approximate surface area is 104 Å². The molecular weight excluding hydrogens is 305 g/mol. The number of hydrogen-bond donors (Lipinski definition) is 2. The van der Waals surface area contributed by atoms with Gasteiger partial charge >= 0.3 is 0 Å². The second-order valence-electron chi connectivity index (χ2n) is 3.34. The maximum Gasteiger partial charge on any atom is 0.0638 e. The molecule has 0 aliphatic heterocycles. The summed E-state index contributed by atoms with van der Waals surface area (Å²) >= 11 is 2.28. The van der Waals surface area contributed by atoms with E-state index in [-0.39, 0.29) is 12.6 Å². The van der Waals surface area contributed by atoms with Crippen molar-refractivity contribution in [2.24, 2.45) is 0 Å². The fourth-order valence-corrected chi connectivity index (χ4v) is 1.60. The molecule has 4 heteroatoms. The van der Waals surface area contributed by atoms with E-state index in [1.807, 2.05) is 0 Å². The van der Waals surface area contributed by atoms with Gasteiger partial charge in [0.05, 0.1) is 19.3 Å². The molecule has 0 saturated heterocycles. The van der Waals surface area contributed by atoms with Crippen LogP contribution in [0.15, 0.2) is 24.3 Å². The van der Waals surface area contributed by atoms with Gasteiger partial charge in [-0.3, -0.25) is 0 Å². The Hall–Kier alpha value is -0.170. The number of hydrogen-bond acceptors (Lipinski definition) is 3. The van der Waals surface area contributed by atoms with Crippen LogP contribution in [0.2, 0.25) is 0 Å². The van der Waals surface area contributed by atoms with E-state index >= 15 is 0 Å². The van der Waals surface area contributed by atoms with Crippen molar-refractivity contribution in [3.05, 3.63) is 33.4 Å². The summed E-state index contributed by atoms with van der Waals surface area (Å²) in [5, 5.41) is 12.3. The van der Waals surface area contributed by atoms with E-state index in [4.69, 9.17) is 9.84 Å². The standard InChI is InChI=1S/C11H16INO2/c1-15-8-11(7-14)13-6-9-2-4-10(12)5-3-9/h2-5,11,13-14H,6-8H2,1H3. The number of halogens is 1. The van der Waals surface area contributed by atoms with Gasteiger partial charge in [-0.15, -0.1) is 0 Å². The van der Waals surface area contributed by atoms with Gasteiger partial charge in [-0.2, -0.15) is 0 Å². The Morgan fingerprint density at radius 2 is 2.07 bits per heavy atom. The molecule has 0 bridgehead atoms. The van der Waals surface area contributed by atoms with Crippen molar-refractivity contribution < 1.29 is 9.84 Å². The minimum atomic E-state index is 0.00859. The maximum atomic E-state index is 9.04. The second-order valence-corrected chi connectivity index (χ2v) is 4.59. The predicted molar refractivity (Wildman–Crippen MR) is 68.7 cm³/mol. The molecule has 0 spiro atoms. The molecular formula is C11H16INO2. The van der Waals surface area contributed by atoms with Gasteiger partial charge in [0.1, 0.15) is 0 Å². The first-order valence-corrected chi connectivity index (χ1v) is 5.91. The van der Waals surface area contributed by atoms with Crippen LogP contribution in [-0.4, -0.2) is 31.5 Å². The fourth-order valence-electron chi connectivity index (χ4n) is 1.24. The molecule has 0 aliphatic rings. The summed E-state index contributed by atoms with van der Waals surface area (Å²) in [6.45, 7) is 1.38. The molecule has 1 unspecified atom stereocenters. The largest absolute Gasteiger partial charge is 0.395 e. The minimum Gasteiger partial charge on any atom is -0.395 e. The minimum absolute atomic E-state index is 0.00859. The number of methoxy groups -OCH3 is 1. The third-order valence-electron chi connectivity index (χ3n) is 2.10. The molecule has 1 atom stereocenters. The Morgan fingerprint density at radius 3 is 2.60 bits per heavy atom. The molecule has 84 valence electrons. The summed E-state index contributed by atoms with van der Waals surface area (Å²) in [6, 6.07) is 8.31. The van der Waals surface area contributed by atoms with Crippen molar-refractivity contribution in [2.45, 2.75) is 12.6 Å². The van der Waals surface area contributed by atoms with E-state index in [0.29, 0.717) is 6.61 Å². The lowest BCUT2D eigenvalue weighted by Gasteiger charge is -2.15. The van der Waals surface area contributed by atoms with Crippen LogP contribution < -0.4 is 5.32 Å². The number of benzene rings is 1. The highest BCUT2D eigenvalue weighted by Crippen LogP contribution is 2.06. The van der Waals surface area contributed by atoms with Crippen LogP contribution >= 0.6 is 22.6 Å². The van der Waals surface area contributed by atoms with Gasteiger partial charge in [-0.05, 0) is 40.3 Å². The zero-order valence-electron chi connectivity index (χ0n) is 8.74. The van der Waals surface area contributed by atoms with Gasteiger partial charge in [0.15, 0.2) is 0 Å². The highest BCUT2D eigenvalue weighted by atomic mass is 127. The molecule has 1 aromatic carbocycles. The number of nitrogens with one attached hydrogen (secondary N) is 1. The Morgan fingerprint density at radius 1 is 1.40 bits per heavy atom. The zero-order valence-corrected chi connectivity index (χ0v) is 10.9. The molecule has 0 saturated carbocycles. The molecule has 1 rings (SSSR count). The Kier molecular flexibility index (Phi) is 6.16. The third-order valence-corrected chi connectivity index (χ3v) is 2.82. The van der Waals surface area contributed by atoms with E-state index < -0.39 is 0 Å². The first-order chi connectivity index (χ1) is 7.26. The van der Waals surface area contributed by atoms with Crippen LogP contribution in [0.25, 0.3) is 0 Å². The smallest absolute Gasteiger partial charge is 0.0638 e. The topological polar surface area (TPSA) is 41.5 Å². The van der Waals surface area contributed by atoms with Crippen LogP contribution in [0.4, 0.5) is 0 Å². The first kappa shape index (κ1) is 12.9. The summed E-state index contributed by atoms with van der Waals surface area (Å²) in [7, 11) is 1.63. The highest BCUT2D eigenvalue weighted by molar-refractivity contribution is 14.1. The molecule has 0 radical (unpaired) electrons. The van der Waals surface area contributed by atoms with E-state index in [9.17, 15) is 0 Å². The fraction of sp³-hybridized carbons (Fsp3) is 0.455. The molecule has 3 nitrogen and oxygen atoms in total. The van der Waals surface area contributed by atoms with E-state index in [2.05, 4.69) is 52.2 Å². The van der Waals surface area contributed by atoms with E-state index in [0.717, 1.165) is 6.54 Å². The van der Waals surface area contributed by atoms with Gasteiger partial charge in [0.2, 0.25) is 0 Å². The lowest BCUT2D eigenvalue weighted by atomic mass is 10.2. The summed E-state index contributed by atoms with van der Waals surface area (Å²) in [6.07, 6.45) is 0. The van der Waals surface area contributed by atoms with Crippen LogP contribution in [0.1, 0.15) is 5.56 Å². The van der Waals surface area contributed by atoms with Crippen molar-refractivity contribution in [2.75, 3.05) is 20.3 Å². The predicted octanol–water partition coefficient (Wildman–Crippen LogP) is 1.39. The zero-order chi connectivity index (χ0) is 11.1. The third kappa shape index (κ3) is 4.92. The van der Waals surface area contributed by atoms with Crippen LogP contribution in [0, 0.1) is 3.57 Å². The quantitative estimate of drug-likeness (QED) is 0.778. The molecule has 0 amide bonds. The van der Waals surface area contributed by atoms with Crippen LogP contribution in [0.5, 0.6) is 0 Å². The average Bonchev–Trinajstić information content (AvgIpc) is 2.26. The van der Waals surface area contributed by atoms with Crippen molar-refractivity contribution in [1.29, 1.82) is 0 Å². The van der Waals surface area contributed by atoms with Gasteiger partial charge in [-0.25, -0.2) is 0 Å². The van der Waals surface area contributed by atoms with Crippen molar-refractivity contribution in [3.63, 3.8) is 0 Å². The van der Waals surface area contributed by atoms with Crippen LogP contribution in [-0.2, 0) is 11.3 Å². The van der Waals surface area contributed by atoms with Gasteiger partial charge < -0.3 is 15.2 Å². The second kappa shape index (κ2) is 7.16. The summed E-state index contributed by atoms with van der Waals surface area (Å²) in [5.41, 5.74) is 1.21. The molecule has 0 aromatic heterocycles. The molecule has 1 aromatic rings. The van der Waals surface area contributed by atoms with Crippen molar-refractivity contribution in [1.82, 2.24) is 5.32 Å². The van der Waals surface area contributed by atoms with Crippen molar-refractivity contribution >= 4 is 22.6 Å². The maximum absolute atomic E-state index is 9.04. The summed E-state index contributed by atoms with van der Waals surface area (Å²) in [4.78, 5) is 0. The van der Waals surface area contributed by atoms with Crippen LogP contribution in [0.3, 0.4) is 0 Å². The summed E-state index contributed by atoms with van der Waals surface area (Å²) < 4.78 is 6.21. The molecule has 2 N–H and O–H groups in total. The van der Waals surface area contributed by atoms with Gasteiger partial charge in [0.25, 0.3) is 0 Å². The molecule has 0 heterocycles. The lowest BCUT2D eigenvalue weighted by molar-refractivity contribution is 0.128. The number of aliphatic hydroxyl groups is 1. The SMILES string of the molecule is COCC(CO)NCc1ccc(I)cc1.